The van der Waals surface area contributed by atoms with Gasteiger partial charge < -0.3 is 5.32 Å². The summed E-state index contributed by atoms with van der Waals surface area (Å²) >= 11 is 0. The van der Waals surface area contributed by atoms with Gasteiger partial charge in [-0.15, -0.1) is 0 Å². The molecule has 0 aromatic heterocycles. The summed E-state index contributed by atoms with van der Waals surface area (Å²) in [7, 11) is 4.40. The van der Waals surface area contributed by atoms with Crippen LogP contribution in [0.5, 0.6) is 0 Å². The van der Waals surface area contributed by atoms with Gasteiger partial charge in [-0.2, -0.15) is 0 Å². The Labute approximate surface area is 124 Å². The molecule has 0 bridgehead atoms. The lowest BCUT2D eigenvalue weighted by Crippen LogP contribution is -2.54. The number of likely N-dealkylation sites (N-methyl/N-ethyl adjacent to an activating group) is 2. The van der Waals surface area contributed by atoms with Crippen molar-refractivity contribution in [2.45, 2.75) is 52.2 Å². The zero-order valence-electron chi connectivity index (χ0n) is 13.7. The Morgan fingerprint density at radius 2 is 1.90 bits per heavy atom. The molecule has 0 heterocycles. The Morgan fingerprint density at radius 3 is 2.55 bits per heavy atom. The molecule has 1 N–H and O–H groups in total. The summed E-state index contributed by atoms with van der Waals surface area (Å²) in [6.45, 7) is 8.07. The number of nitrogens with one attached hydrogen (secondary N) is 1. The quantitative estimate of drug-likeness (QED) is 0.904. The first-order valence-corrected chi connectivity index (χ1v) is 7.95. The van der Waals surface area contributed by atoms with Crippen molar-refractivity contribution in [3.8, 4) is 0 Å². The van der Waals surface area contributed by atoms with E-state index >= 15 is 0 Å². The molecule has 1 aliphatic carbocycles. The Hall–Kier alpha value is -0.860. The van der Waals surface area contributed by atoms with Gasteiger partial charge in [-0.3, -0.25) is 4.90 Å². The van der Waals surface area contributed by atoms with Crippen LogP contribution in [0.4, 0.5) is 0 Å². The summed E-state index contributed by atoms with van der Waals surface area (Å²) in [6, 6.07) is 10.00. The van der Waals surface area contributed by atoms with Gasteiger partial charge in [0.05, 0.1) is 0 Å². The number of benzene rings is 1. The minimum absolute atomic E-state index is 0.614. The van der Waals surface area contributed by atoms with Gasteiger partial charge in [0.1, 0.15) is 0 Å². The van der Waals surface area contributed by atoms with Gasteiger partial charge in [-0.05, 0) is 56.8 Å². The SMILES string of the molecule is CNC1CC(C)CC(C)C1N(C)Cc1ccccc1C. The number of rotatable bonds is 4. The van der Waals surface area contributed by atoms with Crippen LogP contribution in [0.25, 0.3) is 0 Å². The Kier molecular flexibility index (Phi) is 5.22. The topological polar surface area (TPSA) is 15.3 Å². The predicted molar refractivity (Wildman–Crippen MR) is 86.8 cm³/mol. The van der Waals surface area contributed by atoms with E-state index in [-0.39, 0.29) is 0 Å². The van der Waals surface area contributed by atoms with E-state index < -0.39 is 0 Å². The van der Waals surface area contributed by atoms with Crippen molar-refractivity contribution < 1.29 is 0 Å². The highest BCUT2D eigenvalue weighted by Gasteiger charge is 2.35. The molecule has 2 rings (SSSR count). The third-order valence-electron chi connectivity index (χ3n) is 4.99. The van der Waals surface area contributed by atoms with Crippen LogP contribution in [-0.4, -0.2) is 31.1 Å². The molecule has 0 aliphatic heterocycles. The molecule has 1 saturated carbocycles. The van der Waals surface area contributed by atoms with Crippen molar-refractivity contribution in [3.63, 3.8) is 0 Å². The molecule has 2 nitrogen and oxygen atoms in total. The van der Waals surface area contributed by atoms with Gasteiger partial charge in [0, 0.05) is 18.6 Å². The van der Waals surface area contributed by atoms with Crippen LogP contribution in [0.1, 0.15) is 37.8 Å². The molecule has 0 spiro atoms. The van der Waals surface area contributed by atoms with E-state index in [1.807, 2.05) is 0 Å². The van der Waals surface area contributed by atoms with E-state index in [1.165, 1.54) is 24.0 Å². The molecule has 4 unspecified atom stereocenters. The average Bonchev–Trinajstić information content (AvgIpc) is 2.40. The minimum atomic E-state index is 0.614. The van der Waals surface area contributed by atoms with E-state index in [0.29, 0.717) is 12.1 Å². The second-order valence-electron chi connectivity index (χ2n) is 6.78. The minimum Gasteiger partial charge on any atom is -0.315 e. The summed E-state index contributed by atoms with van der Waals surface area (Å²) in [5.74, 6) is 1.59. The standard InChI is InChI=1S/C18H30N2/c1-13-10-15(3)18(17(11-13)19-4)20(5)12-16-9-7-6-8-14(16)2/h6-9,13,15,17-19H,10-12H2,1-5H3. The summed E-state index contributed by atoms with van der Waals surface area (Å²) in [4.78, 5) is 2.56. The molecule has 0 saturated heterocycles. The summed E-state index contributed by atoms with van der Waals surface area (Å²) in [5.41, 5.74) is 2.85. The average molecular weight is 274 g/mol. The first-order chi connectivity index (χ1) is 9.52. The lowest BCUT2D eigenvalue weighted by atomic mass is 9.76. The molecule has 1 aliphatic rings. The maximum absolute atomic E-state index is 3.55. The van der Waals surface area contributed by atoms with Gasteiger partial charge in [-0.1, -0.05) is 38.1 Å². The normalized spacial score (nSPS) is 30.7. The third-order valence-corrected chi connectivity index (χ3v) is 4.99. The molecule has 0 radical (unpaired) electrons. The highest BCUT2D eigenvalue weighted by molar-refractivity contribution is 5.25. The van der Waals surface area contributed by atoms with E-state index in [2.05, 4.69) is 69.3 Å². The number of nitrogens with zero attached hydrogens (tertiary/aromatic N) is 1. The van der Waals surface area contributed by atoms with Crippen molar-refractivity contribution in [2.75, 3.05) is 14.1 Å². The van der Waals surface area contributed by atoms with Crippen LogP contribution in [-0.2, 0) is 6.54 Å². The van der Waals surface area contributed by atoms with Gasteiger partial charge in [-0.25, -0.2) is 0 Å². The van der Waals surface area contributed by atoms with Crippen molar-refractivity contribution in [1.82, 2.24) is 10.2 Å². The van der Waals surface area contributed by atoms with Crippen LogP contribution in [0, 0.1) is 18.8 Å². The predicted octanol–water partition coefficient (Wildman–Crippen LogP) is 3.45. The fourth-order valence-electron chi connectivity index (χ4n) is 4.03. The molecule has 2 heteroatoms. The van der Waals surface area contributed by atoms with Crippen molar-refractivity contribution in [1.29, 1.82) is 0 Å². The second-order valence-corrected chi connectivity index (χ2v) is 6.78. The third kappa shape index (κ3) is 3.42. The fraction of sp³-hybridized carbons (Fsp3) is 0.667. The van der Waals surface area contributed by atoms with Gasteiger partial charge >= 0.3 is 0 Å². The zero-order valence-corrected chi connectivity index (χ0v) is 13.7. The maximum atomic E-state index is 3.55. The maximum Gasteiger partial charge on any atom is 0.0275 e. The number of hydrogen-bond donors (Lipinski definition) is 1. The zero-order chi connectivity index (χ0) is 14.7. The molecule has 1 fully saturated rings. The van der Waals surface area contributed by atoms with Crippen LogP contribution in [0.15, 0.2) is 24.3 Å². The van der Waals surface area contributed by atoms with Crippen LogP contribution >= 0.6 is 0 Å². The molecule has 1 aromatic carbocycles. The fourth-order valence-corrected chi connectivity index (χ4v) is 4.03. The van der Waals surface area contributed by atoms with Gasteiger partial charge in [0.15, 0.2) is 0 Å². The lowest BCUT2D eigenvalue weighted by Gasteiger charge is -2.44. The van der Waals surface area contributed by atoms with E-state index in [0.717, 1.165) is 18.4 Å². The monoisotopic (exact) mass is 274 g/mol. The molecule has 1 aromatic rings. The summed E-state index contributed by atoms with van der Waals surface area (Å²) < 4.78 is 0. The Balaban J connectivity index is 2.10. The smallest absolute Gasteiger partial charge is 0.0275 e. The summed E-state index contributed by atoms with van der Waals surface area (Å²) in [6.07, 6.45) is 2.64. The largest absolute Gasteiger partial charge is 0.315 e. The summed E-state index contributed by atoms with van der Waals surface area (Å²) in [5, 5.41) is 3.55. The Morgan fingerprint density at radius 1 is 1.20 bits per heavy atom. The number of hydrogen-bond acceptors (Lipinski definition) is 2. The molecule has 20 heavy (non-hydrogen) atoms. The van der Waals surface area contributed by atoms with E-state index in [9.17, 15) is 0 Å². The van der Waals surface area contributed by atoms with Crippen molar-refractivity contribution >= 4 is 0 Å². The molecular formula is C18H30N2. The lowest BCUT2D eigenvalue weighted by molar-refractivity contribution is 0.0785. The van der Waals surface area contributed by atoms with Crippen LogP contribution in [0.3, 0.4) is 0 Å². The van der Waals surface area contributed by atoms with Gasteiger partial charge in [0.25, 0.3) is 0 Å². The van der Waals surface area contributed by atoms with Crippen LogP contribution in [0.2, 0.25) is 0 Å². The van der Waals surface area contributed by atoms with Crippen LogP contribution < -0.4 is 5.32 Å². The Bertz CT molecular complexity index is 429. The van der Waals surface area contributed by atoms with E-state index in [1.54, 1.807) is 0 Å². The second kappa shape index (κ2) is 6.73. The van der Waals surface area contributed by atoms with Crippen molar-refractivity contribution in [3.05, 3.63) is 35.4 Å². The molecular weight excluding hydrogens is 244 g/mol. The molecule has 112 valence electrons. The number of aryl methyl sites for hydroxylation is 1. The highest BCUT2D eigenvalue weighted by Crippen LogP contribution is 2.32. The molecule has 4 atom stereocenters. The molecule has 0 amide bonds. The highest BCUT2D eigenvalue weighted by atomic mass is 15.2. The van der Waals surface area contributed by atoms with E-state index in [4.69, 9.17) is 0 Å². The first-order valence-electron chi connectivity index (χ1n) is 7.95. The van der Waals surface area contributed by atoms with Crippen molar-refractivity contribution in [2.24, 2.45) is 11.8 Å². The van der Waals surface area contributed by atoms with Gasteiger partial charge in [0.2, 0.25) is 0 Å². The first kappa shape index (κ1) is 15.5.